The van der Waals surface area contributed by atoms with Crippen LogP contribution in [0.5, 0.6) is 5.75 Å². The van der Waals surface area contributed by atoms with Gasteiger partial charge in [-0.15, -0.1) is 0 Å². The summed E-state index contributed by atoms with van der Waals surface area (Å²) in [5.41, 5.74) is 2.79. The van der Waals surface area contributed by atoms with Gasteiger partial charge in [-0.25, -0.2) is 4.39 Å². The van der Waals surface area contributed by atoms with Gasteiger partial charge in [0.1, 0.15) is 11.6 Å². The maximum Gasteiger partial charge on any atom is 0.251 e. The number of hydrogen-bond acceptors (Lipinski definition) is 3. The molecular weight excluding hydrogens is 371 g/mol. The predicted molar refractivity (Wildman–Crippen MR) is 113 cm³/mol. The van der Waals surface area contributed by atoms with E-state index in [1.54, 1.807) is 32.2 Å². The Labute approximate surface area is 168 Å². The van der Waals surface area contributed by atoms with Gasteiger partial charge in [-0.3, -0.25) is 9.59 Å². The number of hydrogen-bond donors (Lipinski definition) is 2. The number of carbonyl (C=O) groups is 1. The monoisotopic (exact) mass is 394 g/mol. The lowest BCUT2D eigenvalue weighted by atomic mass is 10.1. The average Bonchev–Trinajstić information content (AvgIpc) is 2.70. The molecule has 0 bridgehead atoms. The molecule has 0 unspecified atom stereocenters. The number of aromatic amines is 1. The summed E-state index contributed by atoms with van der Waals surface area (Å²) in [5.74, 6) is -0.0760. The Hall–Kier alpha value is -3.41. The lowest BCUT2D eigenvalue weighted by Crippen LogP contribution is -2.28. The fraction of sp³-hybridized carbons (Fsp3) is 0.217. The Bertz CT molecular complexity index is 1150. The number of H-pyrrole nitrogens is 1. The van der Waals surface area contributed by atoms with Crippen molar-refractivity contribution in [2.24, 2.45) is 0 Å². The van der Waals surface area contributed by atoms with Crippen molar-refractivity contribution in [3.8, 4) is 5.75 Å². The van der Waals surface area contributed by atoms with Crippen LogP contribution in [0, 0.1) is 12.7 Å². The highest BCUT2D eigenvalue weighted by atomic mass is 19.1. The molecule has 2 N–H and O–H groups in total. The summed E-state index contributed by atoms with van der Waals surface area (Å²) in [6, 6.07) is 11.8. The van der Waals surface area contributed by atoms with Gasteiger partial charge in [0.15, 0.2) is 0 Å². The van der Waals surface area contributed by atoms with E-state index >= 15 is 0 Å². The first-order valence-corrected chi connectivity index (χ1v) is 9.31. The third-order valence-electron chi connectivity index (χ3n) is 4.81. The average molecular weight is 394 g/mol. The van der Waals surface area contributed by atoms with Gasteiger partial charge in [-0.05, 0) is 50.1 Å². The van der Waals surface area contributed by atoms with Crippen molar-refractivity contribution in [2.45, 2.75) is 20.3 Å². The second-order valence-corrected chi connectivity index (χ2v) is 6.85. The van der Waals surface area contributed by atoms with Crippen LogP contribution in [0.1, 0.15) is 23.6 Å². The van der Waals surface area contributed by atoms with Gasteiger partial charge in [0.25, 0.3) is 5.56 Å². The van der Waals surface area contributed by atoms with Gasteiger partial charge in [0.05, 0.1) is 12.6 Å². The fourth-order valence-electron chi connectivity index (χ4n) is 3.15. The highest BCUT2D eigenvalue weighted by Crippen LogP contribution is 2.25. The quantitative estimate of drug-likeness (QED) is 0.626. The molecule has 3 rings (SSSR count). The van der Waals surface area contributed by atoms with Crippen LogP contribution in [0.3, 0.4) is 0 Å². The molecule has 29 heavy (non-hydrogen) atoms. The highest BCUT2D eigenvalue weighted by molar-refractivity contribution is 5.97. The summed E-state index contributed by atoms with van der Waals surface area (Å²) in [6.45, 7) is 3.88. The zero-order valence-electron chi connectivity index (χ0n) is 16.6. The molecule has 0 aliphatic heterocycles. The topological polar surface area (TPSA) is 71.2 Å². The van der Waals surface area contributed by atoms with E-state index in [0.29, 0.717) is 40.9 Å². The minimum atomic E-state index is -0.381. The van der Waals surface area contributed by atoms with Gasteiger partial charge in [-0.2, -0.15) is 0 Å². The van der Waals surface area contributed by atoms with Gasteiger partial charge in [-0.1, -0.05) is 24.3 Å². The van der Waals surface area contributed by atoms with Crippen molar-refractivity contribution >= 4 is 22.9 Å². The smallest absolute Gasteiger partial charge is 0.251 e. The Morgan fingerprint density at radius 2 is 2.00 bits per heavy atom. The zero-order valence-corrected chi connectivity index (χ0v) is 16.6. The maximum atomic E-state index is 13.7. The molecule has 150 valence electrons. The molecule has 0 radical (unpaired) electrons. The normalized spacial score (nSPS) is 11.5. The number of pyridine rings is 1. The van der Waals surface area contributed by atoms with Crippen molar-refractivity contribution in [1.82, 2.24) is 10.3 Å². The van der Waals surface area contributed by atoms with E-state index in [9.17, 15) is 14.0 Å². The van der Waals surface area contributed by atoms with E-state index in [1.165, 1.54) is 12.1 Å². The molecule has 5 nitrogen and oxygen atoms in total. The number of amides is 1. The minimum absolute atomic E-state index is 0.214. The molecule has 1 heterocycles. The van der Waals surface area contributed by atoms with Crippen LogP contribution >= 0.6 is 0 Å². The highest BCUT2D eigenvalue weighted by Gasteiger charge is 2.10. The maximum absolute atomic E-state index is 13.7. The van der Waals surface area contributed by atoms with Crippen LogP contribution in [0.2, 0.25) is 0 Å². The third kappa shape index (κ3) is 4.54. The number of carbonyl (C=O) groups excluding carboxylic acids is 1. The van der Waals surface area contributed by atoms with Crippen LogP contribution < -0.4 is 15.6 Å². The summed E-state index contributed by atoms with van der Waals surface area (Å²) in [4.78, 5) is 27.6. The van der Waals surface area contributed by atoms with E-state index in [2.05, 4.69) is 10.3 Å². The number of rotatable bonds is 6. The van der Waals surface area contributed by atoms with Crippen LogP contribution in [0.25, 0.3) is 17.0 Å². The summed E-state index contributed by atoms with van der Waals surface area (Å²) < 4.78 is 19.0. The predicted octanol–water partition coefficient (Wildman–Crippen LogP) is 3.75. The first-order valence-electron chi connectivity index (χ1n) is 9.31. The molecule has 0 saturated heterocycles. The van der Waals surface area contributed by atoms with Gasteiger partial charge in [0, 0.05) is 28.6 Å². The number of aromatic nitrogens is 1. The minimum Gasteiger partial charge on any atom is -0.495 e. The number of halogens is 1. The summed E-state index contributed by atoms with van der Waals surface area (Å²) in [7, 11) is 1.56. The van der Waals surface area contributed by atoms with E-state index in [0.717, 1.165) is 10.9 Å². The molecule has 1 aromatic heterocycles. The summed E-state index contributed by atoms with van der Waals surface area (Å²) >= 11 is 0. The molecular formula is C23H23FN2O3. The van der Waals surface area contributed by atoms with Crippen molar-refractivity contribution in [3.05, 3.63) is 80.9 Å². The SMILES string of the molecule is COc1ccc(C)c2cc(CCNC(=O)/C(C)=C/c3ccccc3F)c(=O)[nH]c12. The molecule has 0 spiro atoms. The Morgan fingerprint density at radius 1 is 1.24 bits per heavy atom. The standard InChI is InChI=1S/C23H23FN2O3/c1-14-8-9-20(29-3)21-18(14)13-17(23(28)26-21)10-11-25-22(27)15(2)12-16-6-4-5-7-19(16)24/h4-9,12-13H,10-11H2,1-3H3,(H,25,27)(H,26,28)/b15-12+. The third-order valence-corrected chi connectivity index (χ3v) is 4.81. The Balaban J connectivity index is 1.72. The summed E-state index contributed by atoms with van der Waals surface area (Å²) in [5, 5.41) is 3.68. The second-order valence-electron chi connectivity index (χ2n) is 6.85. The molecule has 6 heteroatoms. The Morgan fingerprint density at radius 3 is 2.72 bits per heavy atom. The van der Waals surface area contributed by atoms with Crippen molar-refractivity contribution < 1.29 is 13.9 Å². The first kappa shape index (κ1) is 20.3. The number of ether oxygens (including phenoxy) is 1. The van der Waals surface area contributed by atoms with Crippen molar-refractivity contribution in [3.63, 3.8) is 0 Å². The van der Waals surface area contributed by atoms with E-state index < -0.39 is 0 Å². The van der Waals surface area contributed by atoms with Crippen molar-refractivity contribution in [2.75, 3.05) is 13.7 Å². The molecule has 0 fully saturated rings. The fourth-order valence-corrected chi connectivity index (χ4v) is 3.15. The van der Waals surface area contributed by atoms with E-state index in [1.807, 2.05) is 25.1 Å². The van der Waals surface area contributed by atoms with E-state index in [4.69, 9.17) is 4.74 Å². The zero-order chi connectivity index (χ0) is 21.0. The van der Waals surface area contributed by atoms with Gasteiger partial charge in [0.2, 0.25) is 5.91 Å². The number of benzene rings is 2. The van der Waals surface area contributed by atoms with Gasteiger partial charge >= 0.3 is 0 Å². The second kappa shape index (κ2) is 8.73. The van der Waals surface area contributed by atoms with Crippen LogP contribution in [-0.2, 0) is 11.2 Å². The molecule has 0 atom stereocenters. The molecule has 1 amide bonds. The number of aryl methyl sites for hydroxylation is 1. The lowest BCUT2D eigenvalue weighted by molar-refractivity contribution is -0.117. The molecule has 0 saturated carbocycles. The lowest BCUT2D eigenvalue weighted by Gasteiger charge is -2.10. The first-order chi connectivity index (χ1) is 13.9. The van der Waals surface area contributed by atoms with Crippen LogP contribution in [0.15, 0.2) is 52.8 Å². The molecule has 3 aromatic rings. The summed E-state index contributed by atoms with van der Waals surface area (Å²) in [6.07, 6.45) is 1.88. The van der Waals surface area contributed by atoms with E-state index in [-0.39, 0.29) is 17.3 Å². The Kier molecular flexibility index (Phi) is 6.12. The van der Waals surface area contributed by atoms with Crippen LogP contribution in [0.4, 0.5) is 4.39 Å². The van der Waals surface area contributed by atoms with Gasteiger partial charge < -0.3 is 15.0 Å². The molecule has 0 aliphatic carbocycles. The van der Waals surface area contributed by atoms with Crippen LogP contribution in [-0.4, -0.2) is 24.5 Å². The number of methoxy groups -OCH3 is 1. The largest absolute Gasteiger partial charge is 0.495 e. The molecule has 2 aromatic carbocycles. The molecule has 0 aliphatic rings. The van der Waals surface area contributed by atoms with Crippen molar-refractivity contribution in [1.29, 1.82) is 0 Å². The number of nitrogens with one attached hydrogen (secondary N) is 2. The number of fused-ring (bicyclic) bond motifs is 1.